The van der Waals surface area contributed by atoms with Crippen LogP contribution in [0.1, 0.15) is 12.8 Å². The first-order chi connectivity index (χ1) is 11.4. The van der Waals surface area contributed by atoms with Crippen molar-refractivity contribution < 1.29 is 19.1 Å². The van der Waals surface area contributed by atoms with Crippen molar-refractivity contribution in [1.29, 1.82) is 0 Å². The minimum Gasteiger partial charge on any atom is -0.480 e. The van der Waals surface area contributed by atoms with Crippen molar-refractivity contribution in [3.05, 3.63) is 22.6 Å². The molecule has 0 bridgehead atoms. The molecule has 0 spiro atoms. The largest absolute Gasteiger partial charge is 0.480 e. The first-order valence-corrected chi connectivity index (χ1v) is 10.4. The summed E-state index contributed by atoms with van der Waals surface area (Å²) in [5, 5.41) is 7.06. The third-order valence-electron chi connectivity index (χ3n) is 3.85. The molecule has 1 aliphatic rings. The van der Waals surface area contributed by atoms with Gasteiger partial charge in [0.2, 0.25) is 5.88 Å². The molecule has 0 aromatic carbocycles. The summed E-state index contributed by atoms with van der Waals surface area (Å²) in [6.45, 7) is -2.82. The molecule has 0 aliphatic carbocycles. The Bertz CT molecular complexity index is 846. The van der Waals surface area contributed by atoms with E-state index in [9.17, 15) is 9.36 Å². The summed E-state index contributed by atoms with van der Waals surface area (Å²) >= 11 is 0.727. The van der Waals surface area contributed by atoms with Gasteiger partial charge in [-0.15, -0.1) is 0 Å². The number of pyridine rings is 1. The number of fused-ring (bicyclic) bond motifs is 1. The van der Waals surface area contributed by atoms with E-state index in [1.54, 1.807) is 12.3 Å². The SMILES string of the molecule is COc1nc(N2CCC(SP(=O)(O)O)CC2)cc2cn[nH]c(=O)c12. The van der Waals surface area contributed by atoms with Crippen LogP contribution in [-0.2, 0) is 4.57 Å². The quantitative estimate of drug-likeness (QED) is 0.676. The molecule has 130 valence electrons. The van der Waals surface area contributed by atoms with Gasteiger partial charge in [-0.3, -0.25) is 4.79 Å². The van der Waals surface area contributed by atoms with E-state index in [1.165, 1.54) is 7.11 Å². The Balaban J connectivity index is 1.84. The van der Waals surface area contributed by atoms with Gasteiger partial charge >= 0.3 is 6.80 Å². The van der Waals surface area contributed by atoms with Crippen LogP contribution in [0.4, 0.5) is 5.82 Å². The minimum absolute atomic E-state index is 0.0750. The van der Waals surface area contributed by atoms with Gasteiger partial charge in [-0.1, -0.05) is 0 Å². The average molecular weight is 372 g/mol. The van der Waals surface area contributed by atoms with Crippen molar-refractivity contribution in [3.63, 3.8) is 0 Å². The molecule has 0 radical (unpaired) electrons. The maximum atomic E-state index is 11.9. The molecule has 0 amide bonds. The maximum absolute atomic E-state index is 11.9. The highest BCUT2D eigenvalue weighted by Gasteiger charge is 2.27. The lowest BCUT2D eigenvalue weighted by atomic mass is 10.1. The topological polar surface area (TPSA) is 129 Å². The zero-order valence-electron chi connectivity index (χ0n) is 12.9. The number of H-pyrrole nitrogens is 1. The zero-order chi connectivity index (χ0) is 17.3. The monoisotopic (exact) mass is 372 g/mol. The van der Waals surface area contributed by atoms with Gasteiger partial charge in [0.25, 0.3) is 5.56 Å². The lowest BCUT2D eigenvalue weighted by Crippen LogP contribution is -2.35. The fourth-order valence-corrected chi connectivity index (χ4v) is 5.38. The number of anilines is 1. The van der Waals surface area contributed by atoms with Crippen LogP contribution in [-0.4, -0.2) is 50.4 Å². The third kappa shape index (κ3) is 3.72. The van der Waals surface area contributed by atoms with Crippen molar-refractivity contribution in [1.82, 2.24) is 15.2 Å². The molecular formula is C13H17N4O5PS. The second-order valence-corrected chi connectivity index (χ2v) is 9.35. The van der Waals surface area contributed by atoms with Crippen molar-refractivity contribution in [2.45, 2.75) is 18.1 Å². The molecule has 1 saturated heterocycles. The lowest BCUT2D eigenvalue weighted by Gasteiger charge is -2.32. The highest BCUT2D eigenvalue weighted by atomic mass is 32.7. The molecule has 1 aliphatic heterocycles. The molecule has 2 aromatic heterocycles. The molecule has 0 unspecified atom stereocenters. The van der Waals surface area contributed by atoms with Crippen LogP contribution in [0.5, 0.6) is 5.88 Å². The Morgan fingerprint density at radius 1 is 1.42 bits per heavy atom. The average Bonchev–Trinajstić information content (AvgIpc) is 2.53. The first-order valence-electron chi connectivity index (χ1n) is 7.28. The van der Waals surface area contributed by atoms with Crippen LogP contribution in [0.25, 0.3) is 10.8 Å². The van der Waals surface area contributed by atoms with E-state index < -0.39 is 6.80 Å². The molecule has 2 aromatic rings. The number of piperidine rings is 1. The van der Waals surface area contributed by atoms with Gasteiger partial charge in [0.1, 0.15) is 11.2 Å². The lowest BCUT2D eigenvalue weighted by molar-refractivity contribution is 0.396. The van der Waals surface area contributed by atoms with Gasteiger partial charge in [0.05, 0.1) is 13.3 Å². The molecule has 3 heterocycles. The molecular weight excluding hydrogens is 355 g/mol. The van der Waals surface area contributed by atoms with E-state index in [1.807, 2.05) is 4.90 Å². The molecule has 1 fully saturated rings. The summed E-state index contributed by atoms with van der Waals surface area (Å²) in [4.78, 5) is 36.4. The molecule has 9 nitrogen and oxygen atoms in total. The molecule has 3 rings (SSSR count). The predicted molar refractivity (Wildman–Crippen MR) is 91.6 cm³/mol. The Labute approximate surface area is 141 Å². The number of rotatable bonds is 4. The molecule has 24 heavy (non-hydrogen) atoms. The number of methoxy groups -OCH3 is 1. The van der Waals surface area contributed by atoms with Gasteiger partial charge in [-0.25, -0.2) is 9.66 Å². The van der Waals surface area contributed by atoms with Crippen LogP contribution in [0, 0.1) is 0 Å². The smallest absolute Gasteiger partial charge is 0.384 e. The Hall–Kier alpha value is -1.61. The van der Waals surface area contributed by atoms with Crippen molar-refractivity contribution in [2.24, 2.45) is 0 Å². The highest BCUT2D eigenvalue weighted by molar-refractivity contribution is 8.54. The number of aromatic nitrogens is 3. The number of nitrogens with zero attached hydrogens (tertiary/aromatic N) is 3. The Morgan fingerprint density at radius 3 is 2.75 bits per heavy atom. The number of ether oxygens (including phenoxy) is 1. The first kappa shape index (κ1) is 17.2. The standard InChI is InChI=1S/C13H17N4O5PS/c1-22-13-11-8(7-14-16-12(11)18)6-10(15-13)17-4-2-9(3-5-17)24-23(19,20)21/h6-7,9H,2-5H2,1H3,(H,16,18)(H2,19,20,21). The van der Waals surface area contributed by atoms with Gasteiger partial charge in [-0.05, 0) is 30.3 Å². The Kier molecular flexibility index (Phi) is 4.82. The number of aromatic amines is 1. The predicted octanol–water partition coefficient (Wildman–Crippen LogP) is 1.12. The van der Waals surface area contributed by atoms with E-state index in [2.05, 4.69) is 15.2 Å². The third-order valence-corrected chi connectivity index (χ3v) is 6.61. The van der Waals surface area contributed by atoms with Crippen molar-refractivity contribution in [3.8, 4) is 5.88 Å². The maximum Gasteiger partial charge on any atom is 0.384 e. The van der Waals surface area contributed by atoms with Gasteiger partial charge < -0.3 is 19.4 Å². The summed E-state index contributed by atoms with van der Waals surface area (Å²) in [7, 11) is 1.45. The van der Waals surface area contributed by atoms with E-state index in [-0.39, 0.29) is 16.7 Å². The van der Waals surface area contributed by atoms with E-state index >= 15 is 0 Å². The summed E-state index contributed by atoms with van der Waals surface area (Å²) in [6.07, 6.45) is 2.83. The fourth-order valence-electron chi connectivity index (χ4n) is 2.77. The second-order valence-electron chi connectivity index (χ2n) is 5.44. The fraction of sp³-hybridized carbons (Fsp3) is 0.462. The number of hydrogen-bond acceptors (Lipinski definition) is 7. The van der Waals surface area contributed by atoms with Crippen LogP contribution in [0.15, 0.2) is 17.1 Å². The van der Waals surface area contributed by atoms with Crippen LogP contribution >= 0.6 is 18.2 Å². The van der Waals surface area contributed by atoms with Crippen LogP contribution < -0.4 is 15.2 Å². The summed E-state index contributed by atoms with van der Waals surface area (Å²) < 4.78 is 16.3. The van der Waals surface area contributed by atoms with E-state index in [4.69, 9.17) is 14.5 Å². The van der Waals surface area contributed by atoms with Gasteiger partial charge in [0.15, 0.2) is 0 Å². The number of nitrogens with one attached hydrogen (secondary N) is 1. The van der Waals surface area contributed by atoms with Gasteiger partial charge in [0, 0.05) is 23.7 Å². The number of hydrogen-bond donors (Lipinski definition) is 3. The summed E-state index contributed by atoms with van der Waals surface area (Å²) in [6, 6.07) is 1.77. The zero-order valence-corrected chi connectivity index (χ0v) is 14.6. The van der Waals surface area contributed by atoms with Gasteiger partial charge in [-0.2, -0.15) is 10.1 Å². The molecule has 11 heteroatoms. The Morgan fingerprint density at radius 2 is 2.12 bits per heavy atom. The minimum atomic E-state index is -4.06. The molecule has 0 saturated carbocycles. The normalized spacial score (nSPS) is 16.5. The summed E-state index contributed by atoms with van der Waals surface area (Å²) in [5.74, 6) is 0.893. The van der Waals surface area contributed by atoms with E-state index in [0.29, 0.717) is 42.5 Å². The molecule has 3 N–H and O–H groups in total. The van der Waals surface area contributed by atoms with Crippen molar-refractivity contribution in [2.75, 3.05) is 25.1 Å². The second kappa shape index (κ2) is 6.72. The van der Waals surface area contributed by atoms with E-state index in [0.717, 1.165) is 11.4 Å². The van der Waals surface area contributed by atoms with Crippen LogP contribution in [0.3, 0.4) is 0 Å². The van der Waals surface area contributed by atoms with Crippen molar-refractivity contribution >= 4 is 34.8 Å². The molecule has 0 atom stereocenters. The summed E-state index contributed by atoms with van der Waals surface area (Å²) in [5.41, 5.74) is -0.361. The van der Waals surface area contributed by atoms with Crippen LogP contribution in [0.2, 0.25) is 0 Å². The highest BCUT2D eigenvalue weighted by Crippen LogP contribution is 2.54.